The Labute approximate surface area is 251 Å². The van der Waals surface area contributed by atoms with Gasteiger partial charge in [0, 0.05) is 31.9 Å². The van der Waals surface area contributed by atoms with Gasteiger partial charge in [0.25, 0.3) is 0 Å². The number of rotatable bonds is 11. The molecule has 11 nitrogen and oxygen atoms in total. The Morgan fingerprint density at radius 2 is 1.65 bits per heavy atom. The van der Waals surface area contributed by atoms with Gasteiger partial charge in [0.2, 0.25) is 17.7 Å². The number of anilines is 1. The van der Waals surface area contributed by atoms with E-state index in [2.05, 4.69) is 62.9 Å². The van der Waals surface area contributed by atoms with E-state index in [0.717, 1.165) is 25.3 Å². The van der Waals surface area contributed by atoms with E-state index in [4.69, 9.17) is 16.9 Å². The minimum Gasteiger partial charge on any atom is -0.370 e. The van der Waals surface area contributed by atoms with Gasteiger partial charge >= 0.3 is 0 Å². The molecule has 3 amide bonds. The molecule has 0 aliphatic carbocycles. The normalized spacial score (nSPS) is 17.3. The van der Waals surface area contributed by atoms with Gasteiger partial charge in [-0.25, -0.2) is 0 Å². The maximum Gasteiger partial charge on any atom is 0.250 e. The van der Waals surface area contributed by atoms with Gasteiger partial charge in [-0.15, -0.1) is 0 Å². The van der Waals surface area contributed by atoms with Crippen molar-refractivity contribution in [3.63, 3.8) is 0 Å². The lowest BCUT2D eigenvalue weighted by Crippen LogP contribution is -2.56. The van der Waals surface area contributed by atoms with Crippen molar-refractivity contribution in [2.45, 2.75) is 43.8 Å². The van der Waals surface area contributed by atoms with E-state index < -0.39 is 23.4 Å². The highest BCUT2D eigenvalue weighted by Crippen LogP contribution is 2.39. The second kappa shape index (κ2) is 13.1. The van der Waals surface area contributed by atoms with Gasteiger partial charge in [-0.05, 0) is 54.2 Å². The molecule has 3 aromatic rings. The Bertz CT molecular complexity index is 1470. The van der Waals surface area contributed by atoms with E-state index >= 15 is 0 Å². The summed E-state index contributed by atoms with van der Waals surface area (Å²) < 4.78 is 0. The van der Waals surface area contributed by atoms with Crippen molar-refractivity contribution in [1.82, 2.24) is 20.4 Å². The first-order chi connectivity index (χ1) is 20.8. The number of nitrogens with zero attached hydrogens (tertiary/aromatic N) is 3. The summed E-state index contributed by atoms with van der Waals surface area (Å²) in [5.41, 5.74) is 12.3. The second-order valence-corrected chi connectivity index (χ2v) is 11.4. The molecule has 0 bridgehead atoms. The van der Waals surface area contributed by atoms with Gasteiger partial charge in [-0.1, -0.05) is 60.7 Å². The third-order valence-electron chi connectivity index (χ3n) is 8.54. The topological polar surface area (TPSA) is 161 Å². The molecular weight excluding hydrogens is 544 g/mol. The average Bonchev–Trinajstić information content (AvgIpc) is 3.26. The standard InChI is InChI=1S/C32H40N8O3/c33-29(42)27(14-7-17-36-31(34)35)37-28(41)21-39-22-40(25-11-2-1-3-12-25)32(30(39)43)15-18-38(19-16-32)20-24-10-6-9-23-8-4-5-13-26(23)24/h1-6,8-13,27H,7,14-22H2,(H2,33,42)(H,37,41)(H4,34,35,36)/t27-/m1/s1. The Balaban J connectivity index is 1.27. The molecule has 1 atom stereocenters. The number of benzene rings is 3. The number of hydrogen-bond acceptors (Lipinski definition) is 6. The summed E-state index contributed by atoms with van der Waals surface area (Å²) >= 11 is 0. The second-order valence-electron chi connectivity index (χ2n) is 11.4. The van der Waals surface area contributed by atoms with Crippen LogP contribution in [-0.4, -0.2) is 77.9 Å². The summed E-state index contributed by atoms with van der Waals surface area (Å²) in [4.78, 5) is 45.3. The minimum atomic E-state index is -0.879. The maximum atomic E-state index is 14.1. The number of piperidine rings is 1. The molecule has 7 N–H and O–H groups in total. The number of primary amides is 1. The summed E-state index contributed by atoms with van der Waals surface area (Å²) in [6.07, 6.45) is 2.05. The van der Waals surface area contributed by atoms with E-state index in [9.17, 15) is 14.4 Å². The van der Waals surface area contributed by atoms with Crippen LogP contribution in [0.25, 0.3) is 10.8 Å². The summed E-state index contributed by atoms with van der Waals surface area (Å²) in [6.45, 7) is 2.79. The summed E-state index contributed by atoms with van der Waals surface area (Å²) in [5, 5.41) is 15.1. The van der Waals surface area contributed by atoms with Crippen molar-refractivity contribution >= 4 is 40.1 Å². The molecule has 5 rings (SSSR count). The molecule has 43 heavy (non-hydrogen) atoms. The van der Waals surface area contributed by atoms with Crippen LogP contribution >= 0.6 is 0 Å². The number of carbonyl (C=O) groups is 3. The molecule has 0 unspecified atom stereocenters. The van der Waals surface area contributed by atoms with Gasteiger partial charge in [0.1, 0.15) is 18.1 Å². The molecule has 2 saturated heterocycles. The number of hydrogen-bond donors (Lipinski definition) is 5. The molecule has 1 spiro atoms. The van der Waals surface area contributed by atoms with Crippen LogP contribution < -0.4 is 27.0 Å². The zero-order valence-corrected chi connectivity index (χ0v) is 24.3. The number of nitrogens with two attached hydrogens (primary N) is 2. The SMILES string of the molecule is N=C(N)NCCC[C@@H](NC(=O)CN1CN(c2ccccc2)C2(CCN(Cc3cccc4ccccc34)CC2)C1=O)C(N)=O. The van der Waals surface area contributed by atoms with Crippen molar-refractivity contribution in [3.8, 4) is 0 Å². The van der Waals surface area contributed by atoms with E-state index in [1.165, 1.54) is 16.3 Å². The fourth-order valence-electron chi connectivity index (χ4n) is 6.30. The Morgan fingerprint density at radius 3 is 2.37 bits per heavy atom. The third kappa shape index (κ3) is 6.72. The highest BCUT2D eigenvalue weighted by atomic mass is 16.2. The van der Waals surface area contributed by atoms with Crippen molar-refractivity contribution in [3.05, 3.63) is 78.4 Å². The number of carbonyl (C=O) groups excluding carboxylic acids is 3. The molecular formula is C32H40N8O3. The van der Waals surface area contributed by atoms with Crippen LogP contribution in [0.2, 0.25) is 0 Å². The van der Waals surface area contributed by atoms with E-state index in [1.807, 2.05) is 30.3 Å². The van der Waals surface area contributed by atoms with Crippen LogP contribution in [0.15, 0.2) is 72.8 Å². The fourth-order valence-corrected chi connectivity index (χ4v) is 6.30. The van der Waals surface area contributed by atoms with Crippen LogP contribution in [0.5, 0.6) is 0 Å². The van der Waals surface area contributed by atoms with Crippen LogP contribution in [0.3, 0.4) is 0 Å². The molecule has 2 aliphatic rings. The number of nitrogens with one attached hydrogen (secondary N) is 3. The first-order valence-electron chi connectivity index (χ1n) is 14.7. The van der Waals surface area contributed by atoms with Crippen LogP contribution in [0.1, 0.15) is 31.2 Å². The lowest BCUT2D eigenvalue weighted by molar-refractivity contribution is -0.137. The van der Waals surface area contributed by atoms with E-state index in [0.29, 0.717) is 32.2 Å². The van der Waals surface area contributed by atoms with Crippen molar-refractivity contribution in [1.29, 1.82) is 5.41 Å². The molecule has 2 fully saturated rings. The fraction of sp³-hybridized carbons (Fsp3) is 0.375. The van der Waals surface area contributed by atoms with Crippen molar-refractivity contribution in [2.24, 2.45) is 11.5 Å². The molecule has 0 radical (unpaired) electrons. The number of guanidine groups is 1. The number of fused-ring (bicyclic) bond motifs is 1. The highest BCUT2D eigenvalue weighted by molar-refractivity contribution is 5.97. The Morgan fingerprint density at radius 1 is 0.953 bits per heavy atom. The average molecular weight is 585 g/mol. The van der Waals surface area contributed by atoms with Gasteiger partial charge in [-0.2, -0.15) is 0 Å². The van der Waals surface area contributed by atoms with Gasteiger partial charge in [0.15, 0.2) is 5.96 Å². The predicted molar refractivity (Wildman–Crippen MR) is 167 cm³/mol. The number of para-hydroxylation sites is 1. The molecule has 0 aromatic heterocycles. The highest BCUT2D eigenvalue weighted by Gasteiger charge is 2.54. The first kappa shape index (κ1) is 29.8. The van der Waals surface area contributed by atoms with Crippen LogP contribution in [-0.2, 0) is 20.9 Å². The van der Waals surface area contributed by atoms with Gasteiger partial charge in [-0.3, -0.25) is 24.7 Å². The van der Waals surface area contributed by atoms with E-state index in [-0.39, 0.29) is 25.1 Å². The van der Waals surface area contributed by atoms with Crippen molar-refractivity contribution in [2.75, 3.05) is 37.7 Å². The molecule has 2 heterocycles. The maximum absolute atomic E-state index is 14.1. The lowest BCUT2D eigenvalue weighted by Gasteiger charge is -2.43. The Hall–Kier alpha value is -4.64. The monoisotopic (exact) mass is 584 g/mol. The number of likely N-dealkylation sites (tertiary alicyclic amines) is 1. The molecule has 226 valence electrons. The zero-order chi connectivity index (χ0) is 30.4. The summed E-state index contributed by atoms with van der Waals surface area (Å²) in [6, 6.07) is 23.8. The predicted octanol–water partition coefficient (Wildman–Crippen LogP) is 1.71. The molecule has 3 aromatic carbocycles. The van der Waals surface area contributed by atoms with Crippen molar-refractivity contribution < 1.29 is 14.4 Å². The summed E-state index contributed by atoms with van der Waals surface area (Å²) in [5.74, 6) is -1.32. The van der Waals surface area contributed by atoms with Crippen LogP contribution in [0.4, 0.5) is 5.69 Å². The molecule has 0 saturated carbocycles. The third-order valence-corrected chi connectivity index (χ3v) is 8.54. The smallest absolute Gasteiger partial charge is 0.250 e. The largest absolute Gasteiger partial charge is 0.370 e. The van der Waals surface area contributed by atoms with Gasteiger partial charge in [0.05, 0.1) is 6.67 Å². The van der Waals surface area contributed by atoms with Crippen LogP contribution in [0, 0.1) is 5.41 Å². The minimum absolute atomic E-state index is 0.0717. The lowest BCUT2D eigenvalue weighted by atomic mass is 9.85. The first-order valence-corrected chi connectivity index (χ1v) is 14.7. The zero-order valence-electron chi connectivity index (χ0n) is 24.3. The Kier molecular flexibility index (Phi) is 9.10. The molecule has 11 heteroatoms. The molecule has 2 aliphatic heterocycles. The quantitative estimate of drug-likeness (QED) is 0.130. The number of amides is 3. The van der Waals surface area contributed by atoms with Gasteiger partial charge < -0.3 is 31.9 Å². The van der Waals surface area contributed by atoms with E-state index in [1.54, 1.807) is 4.90 Å². The summed E-state index contributed by atoms with van der Waals surface area (Å²) in [7, 11) is 0.